The molecule has 154 valence electrons. The van der Waals surface area contributed by atoms with Crippen LogP contribution in [0.15, 0.2) is 42.5 Å². The second kappa shape index (κ2) is 8.84. The Labute approximate surface area is 169 Å². The lowest BCUT2D eigenvalue weighted by atomic mass is 10.1. The van der Waals surface area contributed by atoms with Crippen LogP contribution in [0.25, 0.3) is 17.0 Å². The Morgan fingerprint density at radius 2 is 1.97 bits per heavy atom. The minimum absolute atomic E-state index is 0.0563. The number of fused-ring (bicyclic) bond motifs is 1. The van der Waals surface area contributed by atoms with E-state index in [4.69, 9.17) is 16.7 Å². The number of hydrogen-bond donors (Lipinski definition) is 1. The molecule has 0 fully saturated rings. The lowest BCUT2D eigenvalue weighted by Gasteiger charge is -2.10. The average Bonchev–Trinajstić information content (AvgIpc) is 2.97. The minimum Gasteiger partial charge on any atom is -0.406 e. The smallest absolute Gasteiger partial charge is 0.406 e. The third-order valence-electron chi connectivity index (χ3n) is 4.13. The largest absolute Gasteiger partial charge is 0.573 e. The number of nitrogens with zero attached hydrogens (tertiary/aromatic N) is 2. The molecule has 9 heteroatoms. The standard InChI is InChI=1S/C20H17ClF4N2O2/c21-17-10-14(22)6-5-13(17)12-27-19-11-15(29-20(23,24)25)7-8-16(19)18(26-27)4-2-1-3-9-28/h2,4-8,10-11,28H,1,3,9,12H2/b4-2+. The fraction of sp³-hybridized carbons (Fsp3) is 0.250. The molecule has 0 saturated carbocycles. The second-order valence-electron chi connectivity index (χ2n) is 6.27. The molecule has 1 aromatic heterocycles. The minimum atomic E-state index is -4.81. The van der Waals surface area contributed by atoms with Gasteiger partial charge < -0.3 is 9.84 Å². The number of benzene rings is 2. The van der Waals surface area contributed by atoms with Crippen molar-refractivity contribution < 1.29 is 27.4 Å². The molecule has 29 heavy (non-hydrogen) atoms. The first-order valence-corrected chi connectivity index (χ1v) is 9.12. The van der Waals surface area contributed by atoms with Crippen LogP contribution in [0.4, 0.5) is 17.6 Å². The summed E-state index contributed by atoms with van der Waals surface area (Å²) in [6.07, 6.45) is -0.0297. The summed E-state index contributed by atoms with van der Waals surface area (Å²) in [5.74, 6) is -0.857. The normalized spacial score (nSPS) is 12.2. The molecule has 4 nitrogen and oxygen atoms in total. The van der Waals surface area contributed by atoms with E-state index in [2.05, 4.69) is 9.84 Å². The molecular formula is C20H17ClF4N2O2. The number of alkyl halides is 3. The lowest BCUT2D eigenvalue weighted by molar-refractivity contribution is -0.274. The van der Waals surface area contributed by atoms with E-state index in [1.807, 2.05) is 6.08 Å². The molecule has 0 aliphatic carbocycles. The van der Waals surface area contributed by atoms with E-state index < -0.39 is 12.2 Å². The maximum atomic E-state index is 13.3. The Hall–Kier alpha value is -2.58. The number of aliphatic hydroxyl groups is 1. The van der Waals surface area contributed by atoms with E-state index in [-0.39, 0.29) is 23.9 Å². The van der Waals surface area contributed by atoms with Gasteiger partial charge in [-0.3, -0.25) is 4.68 Å². The van der Waals surface area contributed by atoms with Crippen molar-refractivity contribution in [1.29, 1.82) is 0 Å². The molecule has 3 rings (SSSR count). The van der Waals surface area contributed by atoms with E-state index in [1.54, 1.807) is 6.08 Å². The molecule has 1 N–H and O–H groups in total. The van der Waals surface area contributed by atoms with Crippen LogP contribution in [0.1, 0.15) is 24.1 Å². The summed E-state index contributed by atoms with van der Waals surface area (Å²) < 4.78 is 56.6. The van der Waals surface area contributed by atoms with Crippen molar-refractivity contribution in [3.63, 3.8) is 0 Å². The first-order valence-electron chi connectivity index (χ1n) is 8.74. The zero-order chi connectivity index (χ0) is 21.0. The van der Waals surface area contributed by atoms with Gasteiger partial charge in [-0.1, -0.05) is 23.7 Å². The van der Waals surface area contributed by atoms with Gasteiger partial charge in [0.25, 0.3) is 0 Å². The maximum Gasteiger partial charge on any atom is 0.573 e. The molecule has 0 spiro atoms. The second-order valence-corrected chi connectivity index (χ2v) is 6.68. The highest BCUT2D eigenvalue weighted by Crippen LogP contribution is 2.30. The SMILES string of the molecule is OCCC/C=C/c1nn(Cc2ccc(F)cc2Cl)c2cc(OC(F)(F)F)ccc12. The third-order valence-corrected chi connectivity index (χ3v) is 4.48. The van der Waals surface area contributed by atoms with Crippen LogP contribution >= 0.6 is 11.6 Å². The number of halogens is 5. The molecule has 0 radical (unpaired) electrons. The van der Waals surface area contributed by atoms with Gasteiger partial charge >= 0.3 is 6.36 Å². The Bertz CT molecular complexity index is 1030. The molecule has 2 aromatic carbocycles. The highest BCUT2D eigenvalue weighted by molar-refractivity contribution is 6.31. The van der Waals surface area contributed by atoms with Gasteiger partial charge in [-0.25, -0.2) is 4.39 Å². The van der Waals surface area contributed by atoms with Crippen LogP contribution in [0.3, 0.4) is 0 Å². The quantitative estimate of drug-likeness (QED) is 0.396. The maximum absolute atomic E-state index is 13.3. The number of hydrogen-bond acceptors (Lipinski definition) is 3. The third kappa shape index (κ3) is 5.48. The number of unbranched alkanes of at least 4 members (excludes halogenated alkanes) is 1. The van der Waals surface area contributed by atoms with Crippen LogP contribution in [-0.4, -0.2) is 27.9 Å². The van der Waals surface area contributed by atoms with Crippen LogP contribution in [0, 0.1) is 5.82 Å². The van der Waals surface area contributed by atoms with Crippen molar-refractivity contribution in [1.82, 2.24) is 9.78 Å². The van der Waals surface area contributed by atoms with Crippen LogP contribution < -0.4 is 4.74 Å². The van der Waals surface area contributed by atoms with Gasteiger partial charge in [-0.05, 0) is 48.7 Å². The lowest BCUT2D eigenvalue weighted by Crippen LogP contribution is -2.17. The van der Waals surface area contributed by atoms with Crippen LogP contribution in [0.2, 0.25) is 5.02 Å². The predicted octanol–water partition coefficient (Wildman–Crippen LogP) is 5.56. The van der Waals surface area contributed by atoms with Gasteiger partial charge in [-0.15, -0.1) is 13.2 Å². The van der Waals surface area contributed by atoms with Crippen molar-refractivity contribution in [3.8, 4) is 5.75 Å². The summed E-state index contributed by atoms with van der Waals surface area (Å²) >= 11 is 6.08. The van der Waals surface area contributed by atoms with Crippen molar-refractivity contribution >= 4 is 28.6 Å². The van der Waals surface area contributed by atoms with Gasteiger partial charge in [0.15, 0.2) is 0 Å². The molecule has 0 unspecified atom stereocenters. The van der Waals surface area contributed by atoms with E-state index >= 15 is 0 Å². The Balaban J connectivity index is 2.02. The Kier molecular flexibility index (Phi) is 6.44. The number of aromatic nitrogens is 2. The van der Waals surface area contributed by atoms with E-state index in [9.17, 15) is 17.6 Å². The first-order chi connectivity index (χ1) is 13.8. The predicted molar refractivity (Wildman–Crippen MR) is 102 cm³/mol. The fourth-order valence-corrected chi connectivity index (χ4v) is 3.06. The van der Waals surface area contributed by atoms with Gasteiger partial charge in [0, 0.05) is 23.1 Å². The Morgan fingerprint density at radius 1 is 1.17 bits per heavy atom. The van der Waals surface area contributed by atoms with E-state index in [0.717, 1.165) is 6.07 Å². The van der Waals surface area contributed by atoms with Gasteiger partial charge in [0.2, 0.25) is 0 Å². The number of allylic oxidation sites excluding steroid dienone is 1. The van der Waals surface area contributed by atoms with Crippen LogP contribution in [-0.2, 0) is 6.54 Å². The highest BCUT2D eigenvalue weighted by atomic mass is 35.5. The summed E-state index contributed by atoms with van der Waals surface area (Å²) in [5, 5.41) is 14.1. The highest BCUT2D eigenvalue weighted by Gasteiger charge is 2.31. The van der Waals surface area contributed by atoms with Crippen molar-refractivity contribution in [2.24, 2.45) is 0 Å². The first kappa shape index (κ1) is 21.1. The summed E-state index contributed by atoms with van der Waals surface area (Å²) in [6.45, 7) is 0.191. The van der Waals surface area contributed by atoms with Gasteiger partial charge in [0.05, 0.1) is 17.8 Å². The molecule has 0 amide bonds. The van der Waals surface area contributed by atoms with Crippen molar-refractivity contribution in [2.75, 3.05) is 6.61 Å². The molecule has 3 aromatic rings. The number of aliphatic hydroxyl groups excluding tert-OH is 1. The van der Waals surface area contributed by atoms with E-state index in [1.165, 1.54) is 35.0 Å². The molecule has 0 bridgehead atoms. The van der Waals surface area contributed by atoms with Crippen LogP contribution in [0.5, 0.6) is 5.75 Å². The number of ether oxygens (including phenoxy) is 1. The van der Waals surface area contributed by atoms with Gasteiger partial charge in [0.1, 0.15) is 11.6 Å². The molecule has 0 atom stereocenters. The summed E-state index contributed by atoms with van der Waals surface area (Å²) in [4.78, 5) is 0. The molecule has 0 aliphatic heterocycles. The zero-order valence-corrected chi connectivity index (χ0v) is 15.8. The zero-order valence-electron chi connectivity index (χ0n) is 15.1. The fourth-order valence-electron chi connectivity index (χ4n) is 2.84. The monoisotopic (exact) mass is 428 g/mol. The molecular weight excluding hydrogens is 412 g/mol. The molecule has 1 heterocycles. The number of rotatable bonds is 7. The Morgan fingerprint density at radius 3 is 2.66 bits per heavy atom. The summed E-state index contributed by atoms with van der Waals surface area (Å²) in [5.41, 5.74) is 1.53. The molecule has 0 aliphatic rings. The van der Waals surface area contributed by atoms with Crippen molar-refractivity contribution in [3.05, 3.63) is 64.6 Å². The summed E-state index contributed by atoms with van der Waals surface area (Å²) in [7, 11) is 0. The summed E-state index contributed by atoms with van der Waals surface area (Å²) in [6, 6.07) is 7.88. The average molecular weight is 429 g/mol. The van der Waals surface area contributed by atoms with E-state index in [0.29, 0.717) is 35.0 Å². The topological polar surface area (TPSA) is 47.3 Å². The molecule has 0 saturated heterocycles. The van der Waals surface area contributed by atoms with Crippen molar-refractivity contribution in [2.45, 2.75) is 25.7 Å². The van der Waals surface area contributed by atoms with Gasteiger partial charge in [-0.2, -0.15) is 5.10 Å².